The molecule has 1 amide bonds. The van der Waals surface area contributed by atoms with Gasteiger partial charge in [0.2, 0.25) is 0 Å². The summed E-state index contributed by atoms with van der Waals surface area (Å²) in [5.74, 6) is -1.73. The van der Waals surface area contributed by atoms with Gasteiger partial charge in [-0.1, -0.05) is 18.2 Å². The van der Waals surface area contributed by atoms with Crippen LogP contribution in [0.25, 0.3) is 10.9 Å². The van der Waals surface area contributed by atoms with Gasteiger partial charge in [0.05, 0.1) is 23.0 Å². The molecule has 0 aliphatic heterocycles. The molecule has 0 radical (unpaired) electrons. The summed E-state index contributed by atoms with van der Waals surface area (Å²) in [6, 6.07) is 10.5. The normalized spacial score (nSPS) is 10.5. The Bertz CT molecular complexity index is 835. The van der Waals surface area contributed by atoms with Crippen molar-refractivity contribution in [3.63, 3.8) is 0 Å². The maximum atomic E-state index is 13.7. The van der Waals surface area contributed by atoms with Crippen molar-refractivity contribution in [1.29, 1.82) is 0 Å². The lowest BCUT2D eigenvalue weighted by molar-refractivity contribution is 0.102. The monoisotopic (exact) mass is 282 g/mol. The molecule has 0 spiro atoms. The first-order valence-corrected chi connectivity index (χ1v) is 6.21. The van der Waals surface area contributed by atoms with E-state index in [0.717, 1.165) is 10.9 Å². The average Bonchev–Trinajstić information content (AvgIpc) is 2.50. The molecule has 0 aliphatic rings. The molecule has 3 aromatic rings. The molecular formula is C15H11FN4O. The molecular weight excluding hydrogens is 271 g/mol. The summed E-state index contributed by atoms with van der Waals surface area (Å²) in [4.78, 5) is 19.9. The van der Waals surface area contributed by atoms with E-state index in [4.69, 9.17) is 5.73 Å². The minimum absolute atomic E-state index is 0.157. The van der Waals surface area contributed by atoms with Crippen molar-refractivity contribution in [2.24, 2.45) is 0 Å². The van der Waals surface area contributed by atoms with Crippen molar-refractivity contribution in [3.05, 3.63) is 60.2 Å². The van der Waals surface area contributed by atoms with Crippen LogP contribution in [0.4, 0.5) is 15.9 Å². The number of fused-ring (bicyclic) bond motifs is 1. The second-order valence-electron chi connectivity index (χ2n) is 4.43. The summed E-state index contributed by atoms with van der Waals surface area (Å²) in [6.45, 7) is 0. The summed E-state index contributed by atoms with van der Waals surface area (Å²) in [5, 5.41) is 3.47. The second-order valence-corrected chi connectivity index (χ2v) is 4.43. The van der Waals surface area contributed by atoms with E-state index < -0.39 is 11.7 Å². The van der Waals surface area contributed by atoms with Crippen LogP contribution < -0.4 is 11.1 Å². The van der Waals surface area contributed by atoms with Gasteiger partial charge in [-0.05, 0) is 18.2 Å². The predicted octanol–water partition coefficient (Wildman–Crippen LogP) is 2.60. The highest BCUT2D eigenvalue weighted by atomic mass is 19.1. The van der Waals surface area contributed by atoms with E-state index >= 15 is 0 Å². The number of halogens is 1. The minimum atomic E-state index is -0.830. The number of hydrogen-bond acceptors (Lipinski definition) is 4. The Kier molecular flexibility index (Phi) is 3.19. The van der Waals surface area contributed by atoms with Gasteiger partial charge in [0.25, 0.3) is 5.91 Å². The molecule has 6 heteroatoms. The molecule has 2 aromatic heterocycles. The van der Waals surface area contributed by atoms with Gasteiger partial charge in [0.1, 0.15) is 0 Å². The largest absolute Gasteiger partial charge is 0.381 e. The maximum Gasteiger partial charge on any atom is 0.258 e. The van der Waals surface area contributed by atoms with Gasteiger partial charge >= 0.3 is 0 Å². The molecule has 1 aromatic carbocycles. The van der Waals surface area contributed by atoms with Gasteiger partial charge < -0.3 is 11.1 Å². The molecule has 0 bridgehead atoms. The van der Waals surface area contributed by atoms with Crippen molar-refractivity contribution >= 4 is 28.3 Å². The van der Waals surface area contributed by atoms with Crippen LogP contribution in [0, 0.1) is 5.82 Å². The summed E-state index contributed by atoms with van der Waals surface area (Å²) in [7, 11) is 0. The number of rotatable bonds is 2. The summed E-state index contributed by atoms with van der Waals surface area (Å²) in [5.41, 5.74) is 6.49. The molecule has 0 fully saturated rings. The molecule has 21 heavy (non-hydrogen) atoms. The molecule has 104 valence electrons. The maximum absolute atomic E-state index is 13.7. The number of amides is 1. The molecule has 5 nitrogen and oxygen atoms in total. The third-order valence-electron chi connectivity index (χ3n) is 3.01. The summed E-state index contributed by atoms with van der Waals surface area (Å²) >= 11 is 0. The fraction of sp³-hybridized carbons (Fsp3) is 0. The number of nitrogens with two attached hydrogens (primary N) is 1. The zero-order valence-electron chi connectivity index (χ0n) is 10.9. The fourth-order valence-corrected chi connectivity index (χ4v) is 1.97. The average molecular weight is 282 g/mol. The van der Waals surface area contributed by atoms with Crippen LogP contribution in [0.5, 0.6) is 0 Å². The minimum Gasteiger partial charge on any atom is -0.381 e. The Morgan fingerprint density at radius 3 is 2.86 bits per heavy atom. The van der Waals surface area contributed by atoms with Crippen molar-refractivity contribution in [3.8, 4) is 0 Å². The fourth-order valence-electron chi connectivity index (χ4n) is 1.97. The van der Waals surface area contributed by atoms with Gasteiger partial charge in [-0.2, -0.15) is 0 Å². The van der Waals surface area contributed by atoms with Crippen LogP contribution in [0.3, 0.4) is 0 Å². The van der Waals surface area contributed by atoms with E-state index in [1.165, 1.54) is 18.5 Å². The van der Waals surface area contributed by atoms with E-state index in [0.29, 0.717) is 5.69 Å². The van der Waals surface area contributed by atoms with E-state index in [1.807, 2.05) is 24.3 Å². The molecule has 0 saturated heterocycles. The summed E-state index contributed by atoms with van der Waals surface area (Å²) in [6.07, 6.45) is 2.80. The van der Waals surface area contributed by atoms with E-state index in [1.54, 1.807) is 6.07 Å². The molecule has 3 N–H and O–H groups in total. The SMILES string of the molecule is Nc1nccc(C(=O)Nc2cnc3ccccc3c2)c1F. The first-order chi connectivity index (χ1) is 10.1. The van der Waals surface area contributed by atoms with Crippen molar-refractivity contribution in [2.75, 3.05) is 11.1 Å². The van der Waals surface area contributed by atoms with Crippen molar-refractivity contribution < 1.29 is 9.18 Å². The third kappa shape index (κ3) is 2.51. The quantitative estimate of drug-likeness (QED) is 0.757. The van der Waals surface area contributed by atoms with Crippen molar-refractivity contribution in [1.82, 2.24) is 9.97 Å². The molecule has 0 aliphatic carbocycles. The van der Waals surface area contributed by atoms with Crippen molar-refractivity contribution in [2.45, 2.75) is 0 Å². The van der Waals surface area contributed by atoms with E-state index in [-0.39, 0.29) is 11.4 Å². The van der Waals surface area contributed by atoms with Gasteiger partial charge in [-0.15, -0.1) is 0 Å². The number of anilines is 2. The highest BCUT2D eigenvalue weighted by Crippen LogP contribution is 2.18. The Morgan fingerprint density at radius 1 is 1.19 bits per heavy atom. The molecule has 3 rings (SSSR count). The number of hydrogen-bond donors (Lipinski definition) is 2. The highest BCUT2D eigenvalue weighted by molar-refractivity contribution is 6.05. The van der Waals surface area contributed by atoms with E-state index in [2.05, 4.69) is 15.3 Å². The lowest BCUT2D eigenvalue weighted by atomic mass is 10.2. The van der Waals surface area contributed by atoms with Crippen LogP contribution in [-0.4, -0.2) is 15.9 Å². The predicted molar refractivity (Wildman–Crippen MR) is 78.3 cm³/mol. The number of nitrogen functional groups attached to an aromatic ring is 1. The highest BCUT2D eigenvalue weighted by Gasteiger charge is 2.14. The van der Waals surface area contributed by atoms with Gasteiger partial charge in [-0.25, -0.2) is 9.37 Å². The number of nitrogens with one attached hydrogen (secondary N) is 1. The van der Waals surface area contributed by atoms with Gasteiger partial charge in [0.15, 0.2) is 11.6 Å². The number of nitrogens with zero attached hydrogens (tertiary/aromatic N) is 2. The van der Waals surface area contributed by atoms with E-state index in [9.17, 15) is 9.18 Å². The number of para-hydroxylation sites is 1. The number of aromatic nitrogens is 2. The lowest BCUT2D eigenvalue weighted by Gasteiger charge is -2.07. The lowest BCUT2D eigenvalue weighted by Crippen LogP contribution is -2.15. The Balaban J connectivity index is 1.91. The number of pyridine rings is 2. The van der Waals surface area contributed by atoms with Crippen LogP contribution in [-0.2, 0) is 0 Å². The number of carbonyl (C=O) groups is 1. The third-order valence-corrected chi connectivity index (χ3v) is 3.01. The zero-order chi connectivity index (χ0) is 14.8. The van der Waals surface area contributed by atoms with Gasteiger partial charge in [-0.3, -0.25) is 9.78 Å². The molecule has 0 unspecified atom stereocenters. The molecule has 0 atom stereocenters. The smallest absolute Gasteiger partial charge is 0.258 e. The Labute approximate surface area is 119 Å². The Morgan fingerprint density at radius 2 is 2.00 bits per heavy atom. The van der Waals surface area contributed by atoms with Gasteiger partial charge in [0, 0.05) is 11.6 Å². The Hall–Kier alpha value is -3.02. The standard InChI is InChI=1S/C15H11FN4O/c16-13-11(5-6-18-14(13)17)15(21)20-10-7-9-3-1-2-4-12(9)19-8-10/h1-8H,(H2,17,18)(H,20,21). The van der Waals surface area contributed by atoms with Crippen LogP contribution in [0.2, 0.25) is 0 Å². The first kappa shape index (κ1) is 13.0. The zero-order valence-corrected chi connectivity index (χ0v) is 10.9. The number of benzene rings is 1. The van der Waals surface area contributed by atoms with Crippen LogP contribution in [0.15, 0.2) is 48.8 Å². The first-order valence-electron chi connectivity index (χ1n) is 6.21. The summed E-state index contributed by atoms with van der Waals surface area (Å²) < 4.78 is 13.7. The molecule has 2 heterocycles. The number of carbonyl (C=O) groups excluding carboxylic acids is 1. The van der Waals surface area contributed by atoms with Crippen LogP contribution in [0.1, 0.15) is 10.4 Å². The molecule has 0 saturated carbocycles. The second kappa shape index (κ2) is 5.16. The topological polar surface area (TPSA) is 80.9 Å². The van der Waals surface area contributed by atoms with Crippen LogP contribution >= 0.6 is 0 Å².